The molecule has 0 aromatic heterocycles. The molecule has 0 aliphatic carbocycles. The largest absolute Gasteiger partial charge is 0.396 e. The van der Waals surface area contributed by atoms with Crippen LogP contribution in [-0.2, 0) is 6.42 Å². The highest BCUT2D eigenvalue weighted by Gasteiger charge is 2.22. The van der Waals surface area contributed by atoms with Crippen LogP contribution in [0, 0.1) is 0 Å². The van der Waals surface area contributed by atoms with E-state index in [1.54, 1.807) is 0 Å². The molecule has 1 unspecified atom stereocenters. The Morgan fingerprint density at radius 2 is 2.27 bits per heavy atom. The number of anilines is 1. The van der Waals surface area contributed by atoms with Gasteiger partial charge in [0.05, 0.1) is 0 Å². The van der Waals surface area contributed by atoms with Crippen LogP contribution in [0.3, 0.4) is 0 Å². The Hall–Kier alpha value is -1.02. The molecule has 0 spiro atoms. The molecule has 1 aliphatic heterocycles. The molecule has 1 N–H and O–H groups in total. The topological polar surface area (TPSA) is 23.5 Å². The second-order valence-corrected chi connectivity index (χ2v) is 4.27. The van der Waals surface area contributed by atoms with Gasteiger partial charge in [0, 0.05) is 31.3 Å². The average Bonchev–Trinajstić information content (AvgIpc) is 2.70. The number of aliphatic hydroxyl groups excluding tert-OH is 1. The van der Waals surface area contributed by atoms with Crippen molar-refractivity contribution in [3.63, 3.8) is 0 Å². The lowest BCUT2D eigenvalue weighted by atomic mass is 9.97. The number of fused-ring (bicyclic) bond motifs is 1. The van der Waals surface area contributed by atoms with Crippen molar-refractivity contribution >= 4 is 5.69 Å². The normalized spacial score (nSPS) is 16.6. The van der Waals surface area contributed by atoms with Crippen LogP contribution in [0.2, 0.25) is 0 Å². The number of benzene rings is 1. The number of aliphatic hydroxyl groups is 1. The smallest absolute Gasteiger partial charge is 0.0497 e. The van der Waals surface area contributed by atoms with Crippen molar-refractivity contribution in [2.45, 2.75) is 26.2 Å². The van der Waals surface area contributed by atoms with Gasteiger partial charge in [-0.15, -0.1) is 0 Å². The molecule has 2 heteroatoms. The maximum Gasteiger partial charge on any atom is 0.0497 e. The highest BCUT2D eigenvalue weighted by Crippen LogP contribution is 2.35. The van der Waals surface area contributed by atoms with Crippen LogP contribution in [0.5, 0.6) is 0 Å². The lowest BCUT2D eigenvalue weighted by molar-refractivity contribution is 0.273. The molecule has 1 heterocycles. The molecule has 2 nitrogen and oxygen atoms in total. The van der Waals surface area contributed by atoms with E-state index in [0.29, 0.717) is 0 Å². The number of hydrogen-bond acceptors (Lipinski definition) is 2. The zero-order valence-electron chi connectivity index (χ0n) is 9.53. The van der Waals surface area contributed by atoms with E-state index in [1.165, 1.54) is 16.8 Å². The van der Waals surface area contributed by atoms with E-state index < -0.39 is 0 Å². The Morgan fingerprint density at radius 1 is 1.47 bits per heavy atom. The van der Waals surface area contributed by atoms with Gasteiger partial charge in [0.2, 0.25) is 0 Å². The van der Waals surface area contributed by atoms with Crippen LogP contribution in [0.4, 0.5) is 5.69 Å². The van der Waals surface area contributed by atoms with Crippen molar-refractivity contribution < 1.29 is 5.11 Å². The molecule has 0 amide bonds. The van der Waals surface area contributed by atoms with Gasteiger partial charge in [-0.05, 0) is 24.5 Å². The average molecular weight is 205 g/mol. The molecule has 1 aromatic rings. The zero-order valence-corrected chi connectivity index (χ0v) is 9.53. The maximum absolute atomic E-state index is 9.26. The van der Waals surface area contributed by atoms with Gasteiger partial charge in [0.25, 0.3) is 0 Å². The third kappa shape index (κ3) is 1.74. The fourth-order valence-electron chi connectivity index (χ4n) is 2.38. The minimum atomic E-state index is 0.230. The van der Waals surface area contributed by atoms with Gasteiger partial charge in [-0.3, -0.25) is 0 Å². The van der Waals surface area contributed by atoms with E-state index in [1.807, 2.05) is 0 Å². The number of rotatable bonds is 3. The number of likely N-dealkylation sites (N-methyl/N-ethyl adjacent to an activating group) is 1. The fourth-order valence-corrected chi connectivity index (χ4v) is 2.38. The second-order valence-electron chi connectivity index (χ2n) is 4.27. The fraction of sp³-hybridized carbons (Fsp3) is 0.538. The summed E-state index contributed by atoms with van der Waals surface area (Å²) in [6.45, 7) is 6.69. The Kier molecular flexibility index (Phi) is 2.96. The summed E-state index contributed by atoms with van der Waals surface area (Å²) in [4.78, 5) is 2.41. The molecular formula is C13H19NO. The molecule has 2 rings (SSSR count). The predicted molar refractivity (Wildman–Crippen MR) is 63.5 cm³/mol. The highest BCUT2D eigenvalue weighted by molar-refractivity contribution is 5.64. The predicted octanol–water partition coefficient (Wildman–Crippen LogP) is 2.16. The van der Waals surface area contributed by atoms with Crippen molar-refractivity contribution in [3.8, 4) is 0 Å². The standard InChI is InChI=1S/C13H19NO/c1-3-14-8-7-11-5-4-6-12(13(11)14)10(2)9-15/h4-6,10,15H,3,7-9H2,1-2H3. The zero-order chi connectivity index (χ0) is 10.8. The SMILES string of the molecule is CCN1CCc2cccc(C(C)CO)c21. The van der Waals surface area contributed by atoms with Gasteiger partial charge in [-0.25, -0.2) is 0 Å². The first-order chi connectivity index (χ1) is 7.27. The minimum Gasteiger partial charge on any atom is -0.396 e. The molecule has 0 radical (unpaired) electrons. The first-order valence-electron chi connectivity index (χ1n) is 5.75. The Labute approximate surface area is 91.5 Å². The summed E-state index contributed by atoms with van der Waals surface area (Å²) < 4.78 is 0. The van der Waals surface area contributed by atoms with E-state index in [4.69, 9.17) is 0 Å². The summed E-state index contributed by atoms with van der Waals surface area (Å²) >= 11 is 0. The van der Waals surface area contributed by atoms with Crippen molar-refractivity contribution in [3.05, 3.63) is 29.3 Å². The summed E-state index contributed by atoms with van der Waals surface area (Å²) in [6.07, 6.45) is 1.15. The Balaban J connectivity index is 2.44. The lowest BCUT2D eigenvalue weighted by Gasteiger charge is -2.22. The third-order valence-electron chi connectivity index (χ3n) is 3.30. The minimum absolute atomic E-state index is 0.230. The summed E-state index contributed by atoms with van der Waals surface area (Å²) in [5.41, 5.74) is 4.12. The summed E-state index contributed by atoms with van der Waals surface area (Å²) in [7, 11) is 0. The van der Waals surface area contributed by atoms with Crippen LogP contribution in [0.1, 0.15) is 30.9 Å². The summed E-state index contributed by atoms with van der Waals surface area (Å²) in [5.74, 6) is 0.243. The summed E-state index contributed by atoms with van der Waals surface area (Å²) in [5, 5.41) is 9.26. The van der Waals surface area contributed by atoms with Gasteiger partial charge in [-0.1, -0.05) is 25.1 Å². The van der Waals surface area contributed by atoms with Crippen molar-refractivity contribution in [1.29, 1.82) is 0 Å². The molecule has 1 aliphatic rings. The number of hydrogen-bond donors (Lipinski definition) is 1. The number of para-hydroxylation sites is 1. The van der Waals surface area contributed by atoms with E-state index in [9.17, 15) is 5.11 Å². The molecule has 1 atom stereocenters. The molecule has 0 fully saturated rings. The second kappa shape index (κ2) is 4.23. The summed E-state index contributed by atoms with van der Waals surface area (Å²) in [6, 6.07) is 6.46. The van der Waals surface area contributed by atoms with Gasteiger partial charge >= 0.3 is 0 Å². The van der Waals surface area contributed by atoms with Gasteiger partial charge in [0.1, 0.15) is 0 Å². The molecule has 82 valence electrons. The van der Waals surface area contributed by atoms with Crippen molar-refractivity contribution in [2.24, 2.45) is 0 Å². The van der Waals surface area contributed by atoms with E-state index in [2.05, 4.69) is 36.9 Å². The van der Waals surface area contributed by atoms with Crippen molar-refractivity contribution in [2.75, 3.05) is 24.6 Å². The number of nitrogens with zero attached hydrogens (tertiary/aromatic N) is 1. The van der Waals surface area contributed by atoms with Crippen molar-refractivity contribution in [1.82, 2.24) is 0 Å². The molecule has 0 bridgehead atoms. The quantitative estimate of drug-likeness (QED) is 0.817. The van der Waals surface area contributed by atoms with Crippen LogP contribution in [0.25, 0.3) is 0 Å². The molecule has 1 aromatic carbocycles. The first kappa shape index (κ1) is 10.5. The highest BCUT2D eigenvalue weighted by atomic mass is 16.3. The maximum atomic E-state index is 9.26. The Morgan fingerprint density at radius 3 is 2.93 bits per heavy atom. The third-order valence-corrected chi connectivity index (χ3v) is 3.30. The van der Waals surface area contributed by atoms with Gasteiger partial charge in [0.15, 0.2) is 0 Å². The first-order valence-corrected chi connectivity index (χ1v) is 5.75. The molecule has 15 heavy (non-hydrogen) atoms. The monoisotopic (exact) mass is 205 g/mol. The van der Waals surface area contributed by atoms with Crippen LogP contribution in [0.15, 0.2) is 18.2 Å². The van der Waals surface area contributed by atoms with E-state index in [0.717, 1.165) is 19.5 Å². The van der Waals surface area contributed by atoms with E-state index in [-0.39, 0.29) is 12.5 Å². The van der Waals surface area contributed by atoms with Gasteiger partial charge < -0.3 is 10.0 Å². The van der Waals surface area contributed by atoms with Crippen LogP contribution >= 0.6 is 0 Å². The Bertz CT molecular complexity index is 348. The van der Waals surface area contributed by atoms with Gasteiger partial charge in [-0.2, -0.15) is 0 Å². The molecule has 0 saturated carbocycles. The van der Waals surface area contributed by atoms with E-state index >= 15 is 0 Å². The lowest BCUT2D eigenvalue weighted by Crippen LogP contribution is -2.21. The van der Waals surface area contributed by atoms with Crippen LogP contribution in [-0.4, -0.2) is 24.8 Å². The molecular weight excluding hydrogens is 186 g/mol. The molecule has 0 saturated heterocycles. The van der Waals surface area contributed by atoms with Crippen LogP contribution < -0.4 is 4.90 Å².